The minimum absolute atomic E-state index is 0.0105. The lowest BCUT2D eigenvalue weighted by atomic mass is 9.96. The molecular weight excluding hydrogens is 544 g/mol. The van der Waals surface area contributed by atoms with Crippen LogP contribution >= 0.6 is 11.3 Å². The van der Waals surface area contributed by atoms with Crippen molar-refractivity contribution in [3.8, 4) is 0 Å². The number of carbonyl (C=O) groups excluding carboxylic acids is 1. The average molecular weight is 565 g/mol. The molecule has 198 valence electrons. The lowest BCUT2D eigenvalue weighted by Gasteiger charge is -2.33. The Morgan fingerprint density at radius 1 is 1.00 bits per heavy atom. The first-order chi connectivity index (χ1) is 18.1. The van der Waals surface area contributed by atoms with Gasteiger partial charge in [-0.1, -0.05) is 17.4 Å². The van der Waals surface area contributed by atoms with E-state index >= 15 is 0 Å². The summed E-state index contributed by atoms with van der Waals surface area (Å²) in [6.07, 6.45) is 1.78. The number of fused-ring (bicyclic) bond motifs is 1. The van der Waals surface area contributed by atoms with Gasteiger partial charge in [-0.25, -0.2) is 31.0 Å². The van der Waals surface area contributed by atoms with E-state index in [1.807, 2.05) is 0 Å². The van der Waals surface area contributed by atoms with Crippen LogP contribution in [-0.2, 0) is 21.4 Å². The molecule has 4 aromatic rings. The first kappa shape index (κ1) is 26.2. The third kappa shape index (κ3) is 5.13. The molecule has 0 saturated carbocycles. The molecule has 38 heavy (non-hydrogen) atoms. The van der Waals surface area contributed by atoms with Crippen LogP contribution < -0.4 is 4.90 Å². The summed E-state index contributed by atoms with van der Waals surface area (Å²) < 4.78 is 83.0. The maximum Gasteiger partial charge on any atom is 0.246 e. The summed E-state index contributed by atoms with van der Waals surface area (Å²) in [6, 6.07) is 9.23. The van der Waals surface area contributed by atoms with Gasteiger partial charge in [0.1, 0.15) is 27.9 Å². The first-order valence-electron chi connectivity index (χ1n) is 11.6. The van der Waals surface area contributed by atoms with E-state index in [2.05, 4.69) is 9.97 Å². The zero-order chi connectivity index (χ0) is 27.0. The average Bonchev–Trinajstić information content (AvgIpc) is 3.33. The highest BCUT2D eigenvalue weighted by atomic mass is 32.2. The van der Waals surface area contributed by atoms with E-state index in [1.165, 1.54) is 4.90 Å². The predicted molar refractivity (Wildman–Crippen MR) is 133 cm³/mol. The van der Waals surface area contributed by atoms with Gasteiger partial charge in [-0.05, 0) is 49.2 Å². The number of hydrogen-bond acceptors (Lipinski definition) is 6. The van der Waals surface area contributed by atoms with E-state index in [9.17, 15) is 30.8 Å². The van der Waals surface area contributed by atoms with Crippen molar-refractivity contribution in [1.82, 2.24) is 14.3 Å². The molecule has 0 atom stereocenters. The van der Waals surface area contributed by atoms with Crippen molar-refractivity contribution in [2.75, 3.05) is 18.0 Å². The fourth-order valence-corrected chi connectivity index (χ4v) is 6.89. The molecule has 0 bridgehead atoms. The number of anilines is 1. The van der Waals surface area contributed by atoms with Gasteiger partial charge in [0.05, 0.1) is 16.9 Å². The molecule has 0 unspecified atom stereocenters. The Balaban J connectivity index is 1.40. The molecule has 1 fully saturated rings. The molecule has 0 aliphatic carbocycles. The lowest BCUT2D eigenvalue weighted by molar-refractivity contribution is -0.123. The van der Waals surface area contributed by atoms with Crippen LogP contribution in [-0.4, -0.2) is 41.7 Å². The highest BCUT2D eigenvalue weighted by Gasteiger charge is 2.36. The number of piperidine rings is 1. The van der Waals surface area contributed by atoms with Gasteiger partial charge < -0.3 is 0 Å². The number of amides is 1. The lowest BCUT2D eigenvalue weighted by Crippen LogP contribution is -2.44. The van der Waals surface area contributed by atoms with Crippen LogP contribution in [0.1, 0.15) is 18.5 Å². The molecule has 1 aliphatic rings. The maximum atomic E-state index is 14.3. The minimum atomic E-state index is -4.32. The van der Waals surface area contributed by atoms with Gasteiger partial charge in [0.15, 0.2) is 10.9 Å². The number of sulfonamides is 1. The van der Waals surface area contributed by atoms with Crippen molar-refractivity contribution in [2.24, 2.45) is 5.92 Å². The molecule has 0 radical (unpaired) electrons. The Labute approximate surface area is 219 Å². The zero-order valence-corrected chi connectivity index (χ0v) is 21.3. The van der Waals surface area contributed by atoms with Crippen LogP contribution in [0.25, 0.3) is 10.2 Å². The number of carbonyl (C=O) groups is 1. The third-order valence-electron chi connectivity index (χ3n) is 6.26. The van der Waals surface area contributed by atoms with E-state index < -0.39 is 44.1 Å². The number of hydrogen-bond donors (Lipinski definition) is 0. The van der Waals surface area contributed by atoms with Crippen LogP contribution in [0, 0.1) is 29.2 Å². The fourth-order valence-electron chi connectivity index (χ4n) is 4.33. The molecular formula is C25H20F4N4O3S2. The summed E-state index contributed by atoms with van der Waals surface area (Å²) in [7, 11) is -4.32. The van der Waals surface area contributed by atoms with Gasteiger partial charge in [0.2, 0.25) is 15.9 Å². The Kier molecular flexibility index (Phi) is 7.16. The second-order valence-corrected chi connectivity index (χ2v) is 11.6. The smallest absolute Gasteiger partial charge is 0.246 e. The molecule has 1 saturated heterocycles. The SMILES string of the molecule is O=C(C1CCN(S(=O)(=O)c2cc(F)ccc2F)CC1)N(Cc1ccccn1)c1nc2c(F)cc(F)cc2s1. The summed E-state index contributed by atoms with van der Waals surface area (Å²) in [5.74, 6) is -4.58. The number of nitrogens with zero attached hydrogens (tertiary/aromatic N) is 4. The molecule has 0 N–H and O–H groups in total. The van der Waals surface area contributed by atoms with Crippen molar-refractivity contribution in [3.63, 3.8) is 0 Å². The van der Waals surface area contributed by atoms with Gasteiger partial charge in [-0.3, -0.25) is 14.7 Å². The Bertz CT molecular complexity index is 1610. The molecule has 3 heterocycles. The van der Waals surface area contributed by atoms with E-state index in [0.29, 0.717) is 17.8 Å². The van der Waals surface area contributed by atoms with Crippen molar-refractivity contribution in [2.45, 2.75) is 24.3 Å². The fraction of sp³-hybridized carbons (Fsp3) is 0.240. The minimum Gasteiger partial charge on any atom is -0.282 e. The Morgan fingerprint density at radius 3 is 2.47 bits per heavy atom. The van der Waals surface area contributed by atoms with Crippen LogP contribution in [0.15, 0.2) is 59.6 Å². The van der Waals surface area contributed by atoms with Crippen molar-refractivity contribution >= 4 is 42.6 Å². The molecule has 7 nitrogen and oxygen atoms in total. The second-order valence-electron chi connectivity index (χ2n) is 8.73. The van der Waals surface area contributed by atoms with Crippen LogP contribution in [0.3, 0.4) is 0 Å². The van der Waals surface area contributed by atoms with E-state index in [0.717, 1.165) is 33.8 Å². The normalized spacial score (nSPS) is 15.2. The highest BCUT2D eigenvalue weighted by Crippen LogP contribution is 2.34. The largest absolute Gasteiger partial charge is 0.282 e. The number of halogens is 4. The number of pyridine rings is 1. The topological polar surface area (TPSA) is 83.5 Å². The summed E-state index contributed by atoms with van der Waals surface area (Å²) in [5.41, 5.74) is 0.469. The summed E-state index contributed by atoms with van der Waals surface area (Å²) >= 11 is 0.953. The van der Waals surface area contributed by atoms with Gasteiger partial charge in [-0.15, -0.1) is 0 Å². The zero-order valence-electron chi connectivity index (χ0n) is 19.7. The molecule has 13 heteroatoms. The van der Waals surface area contributed by atoms with Gasteiger partial charge in [0.25, 0.3) is 0 Å². The van der Waals surface area contributed by atoms with E-state index in [1.54, 1.807) is 24.4 Å². The first-order valence-corrected chi connectivity index (χ1v) is 13.8. The quantitative estimate of drug-likeness (QED) is 0.312. The third-order valence-corrected chi connectivity index (χ3v) is 9.20. The van der Waals surface area contributed by atoms with Gasteiger partial charge >= 0.3 is 0 Å². The van der Waals surface area contributed by atoms with Crippen molar-refractivity contribution in [1.29, 1.82) is 0 Å². The Morgan fingerprint density at radius 2 is 1.76 bits per heavy atom. The van der Waals surface area contributed by atoms with Gasteiger partial charge in [-0.2, -0.15) is 4.31 Å². The maximum absolute atomic E-state index is 14.3. The van der Waals surface area contributed by atoms with Crippen LogP contribution in [0.4, 0.5) is 22.7 Å². The molecule has 2 aromatic carbocycles. The highest BCUT2D eigenvalue weighted by molar-refractivity contribution is 7.89. The second kappa shape index (κ2) is 10.4. The molecule has 1 amide bonds. The van der Waals surface area contributed by atoms with E-state index in [-0.39, 0.29) is 53.7 Å². The molecule has 0 spiro atoms. The van der Waals surface area contributed by atoms with E-state index in [4.69, 9.17) is 0 Å². The summed E-state index contributed by atoms with van der Waals surface area (Å²) in [6.45, 7) is -0.172. The van der Waals surface area contributed by atoms with Crippen molar-refractivity contribution in [3.05, 3.63) is 83.7 Å². The molecule has 2 aromatic heterocycles. The summed E-state index contributed by atoms with van der Waals surface area (Å²) in [5, 5.41) is 0.150. The molecule has 1 aliphatic heterocycles. The number of thiazole rings is 1. The van der Waals surface area contributed by atoms with Gasteiger partial charge in [0, 0.05) is 31.3 Å². The summed E-state index contributed by atoms with van der Waals surface area (Å²) in [4.78, 5) is 22.7. The monoisotopic (exact) mass is 564 g/mol. The number of rotatable bonds is 6. The van der Waals surface area contributed by atoms with Crippen LogP contribution in [0.2, 0.25) is 0 Å². The molecule has 5 rings (SSSR count). The van der Waals surface area contributed by atoms with Crippen LogP contribution in [0.5, 0.6) is 0 Å². The Hall–Kier alpha value is -3.42. The standard InChI is InChI=1S/C25H20F4N4O3S2/c26-16-4-5-19(28)22(13-16)38(35,36)32-9-6-15(7-10-32)24(34)33(14-18-3-1-2-8-30-18)25-31-23-20(29)11-17(27)12-21(23)37-25/h1-5,8,11-13,15H,6-7,9-10,14H2. The predicted octanol–water partition coefficient (Wildman–Crippen LogP) is 4.88. The number of benzene rings is 2. The number of aromatic nitrogens is 2. The van der Waals surface area contributed by atoms with Crippen molar-refractivity contribution < 1.29 is 30.8 Å².